The second-order valence-corrected chi connectivity index (χ2v) is 6.78. The molecule has 0 saturated heterocycles. The van der Waals surface area contributed by atoms with E-state index in [2.05, 4.69) is 37.9 Å². The van der Waals surface area contributed by atoms with Crippen LogP contribution in [0.4, 0.5) is 0 Å². The zero-order valence-corrected chi connectivity index (χ0v) is 15.6. The predicted molar refractivity (Wildman–Crippen MR) is 100 cm³/mol. The summed E-state index contributed by atoms with van der Waals surface area (Å²) >= 11 is 3.48. The molecule has 2 aromatic heterocycles. The van der Waals surface area contributed by atoms with E-state index in [9.17, 15) is 4.79 Å². The van der Waals surface area contributed by atoms with Crippen molar-refractivity contribution in [1.29, 1.82) is 0 Å². The number of benzene rings is 1. The first-order valence-corrected chi connectivity index (χ1v) is 8.89. The van der Waals surface area contributed by atoms with Crippen molar-refractivity contribution >= 4 is 27.5 Å². The van der Waals surface area contributed by atoms with Gasteiger partial charge in [-0.15, -0.1) is 0 Å². The molecule has 0 radical (unpaired) electrons. The number of aromatic nitrogens is 2. The van der Waals surface area contributed by atoms with E-state index in [4.69, 9.17) is 4.74 Å². The summed E-state index contributed by atoms with van der Waals surface area (Å²) < 4.78 is 7.78. The number of fused-ring (bicyclic) bond motifs is 1. The Kier molecular flexibility index (Phi) is 5.83. The maximum absolute atomic E-state index is 11.5. The standard InChI is InChI=1S/C19H20BrN3O2/c1-25-19(24)9-10-22(11-15-5-3-2-4-6-15)13-17-14-23-12-16(20)7-8-18(23)21-17/h2-8,12,14H,9-11,13H2,1H3. The summed E-state index contributed by atoms with van der Waals surface area (Å²) in [7, 11) is 1.42. The van der Waals surface area contributed by atoms with Crippen molar-refractivity contribution < 1.29 is 9.53 Å². The van der Waals surface area contributed by atoms with Gasteiger partial charge in [-0.2, -0.15) is 0 Å². The van der Waals surface area contributed by atoms with E-state index >= 15 is 0 Å². The summed E-state index contributed by atoms with van der Waals surface area (Å²) in [5.74, 6) is -0.197. The van der Waals surface area contributed by atoms with Crippen LogP contribution < -0.4 is 0 Å². The number of imidazole rings is 1. The minimum atomic E-state index is -0.197. The fraction of sp³-hybridized carbons (Fsp3) is 0.263. The number of hydrogen-bond donors (Lipinski definition) is 0. The molecule has 0 spiro atoms. The molecule has 3 rings (SSSR count). The fourth-order valence-electron chi connectivity index (χ4n) is 2.73. The van der Waals surface area contributed by atoms with Crippen LogP contribution >= 0.6 is 15.9 Å². The number of carbonyl (C=O) groups is 1. The van der Waals surface area contributed by atoms with Gasteiger partial charge in [-0.25, -0.2) is 4.98 Å². The fourth-order valence-corrected chi connectivity index (χ4v) is 3.08. The van der Waals surface area contributed by atoms with Gasteiger partial charge in [0.2, 0.25) is 0 Å². The number of pyridine rings is 1. The Bertz CT molecular complexity index is 848. The van der Waals surface area contributed by atoms with Crippen LogP contribution in [0.3, 0.4) is 0 Å². The molecule has 0 saturated carbocycles. The molecule has 0 aliphatic carbocycles. The first-order chi connectivity index (χ1) is 12.1. The van der Waals surface area contributed by atoms with E-state index in [1.165, 1.54) is 12.7 Å². The zero-order valence-electron chi connectivity index (χ0n) is 14.1. The van der Waals surface area contributed by atoms with Gasteiger partial charge in [0.15, 0.2) is 0 Å². The average Bonchev–Trinajstić information content (AvgIpc) is 3.01. The molecule has 0 fully saturated rings. The Balaban J connectivity index is 1.75. The Labute approximate surface area is 155 Å². The molecule has 0 aliphatic rings. The molecule has 130 valence electrons. The number of hydrogen-bond acceptors (Lipinski definition) is 4. The number of ether oxygens (including phenoxy) is 1. The van der Waals surface area contributed by atoms with E-state index in [0.29, 0.717) is 19.5 Å². The van der Waals surface area contributed by atoms with Crippen molar-refractivity contribution in [3.63, 3.8) is 0 Å². The molecule has 25 heavy (non-hydrogen) atoms. The zero-order chi connectivity index (χ0) is 17.6. The van der Waals surface area contributed by atoms with Crippen molar-refractivity contribution in [3.8, 4) is 0 Å². The second-order valence-electron chi connectivity index (χ2n) is 5.87. The Morgan fingerprint density at radius 3 is 2.72 bits per heavy atom. The topological polar surface area (TPSA) is 46.8 Å². The van der Waals surface area contributed by atoms with Gasteiger partial charge in [0.05, 0.1) is 19.2 Å². The van der Waals surface area contributed by atoms with E-state index < -0.39 is 0 Å². The molecular formula is C19H20BrN3O2. The van der Waals surface area contributed by atoms with Crippen LogP contribution in [0.1, 0.15) is 17.7 Å². The third kappa shape index (κ3) is 4.90. The highest BCUT2D eigenvalue weighted by molar-refractivity contribution is 9.10. The minimum Gasteiger partial charge on any atom is -0.469 e. The molecule has 2 heterocycles. The Morgan fingerprint density at radius 1 is 1.16 bits per heavy atom. The molecule has 0 atom stereocenters. The minimum absolute atomic E-state index is 0.197. The quantitative estimate of drug-likeness (QED) is 0.566. The smallest absolute Gasteiger partial charge is 0.306 e. The number of carbonyl (C=O) groups excluding carboxylic acids is 1. The lowest BCUT2D eigenvalue weighted by Crippen LogP contribution is -2.26. The Hall–Kier alpha value is -2.18. The summed E-state index contributed by atoms with van der Waals surface area (Å²) in [4.78, 5) is 18.4. The molecule has 0 aliphatic heterocycles. The van der Waals surface area contributed by atoms with E-state index in [-0.39, 0.29) is 5.97 Å². The normalized spacial score (nSPS) is 11.2. The highest BCUT2D eigenvalue weighted by Crippen LogP contribution is 2.15. The van der Waals surface area contributed by atoms with Crippen LogP contribution in [0.25, 0.3) is 5.65 Å². The van der Waals surface area contributed by atoms with Gasteiger partial charge in [0, 0.05) is 36.5 Å². The molecular weight excluding hydrogens is 382 g/mol. The van der Waals surface area contributed by atoms with Gasteiger partial charge in [-0.3, -0.25) is 9.69 Å². The lowest BCUT2D eigenvalue weighted by molar-refractivity contribution is -0.141. The number of nitrogens with zero attached hydrogens (tertiary/aromatic N) is 3. The first-order valence-electron chi connectivity index (χ1n) is 8.10. The highest BCUT2D eigenvalue weighted by atomic mass is 79.9. The molecule has 0 amide bonds. The van der Waals surface area contributed by atoms with Crippen LogP contribution in [0.2, 0.25) is 0 Å². The van der Waals surface area contributed by atoms with Crippen LogP contribution in [-0.2, 0) is 22.6 Å². The Morgan fingerprint density at radius 2 is 1.96 bits per heavy atom. The third-order valence-corrected chi connectivity index (χ3v) is 4.43. The lowest BCUT2D eigenvalue weighted by atomic mass is 10.2. The highest BCUT2D eigenvalue weighted by Gasteiger charge is 2.12. The molecule has 0 N–H and O–H groups in total. The summed E-state index contributed by atoms with van der Waals surface area (Å²) in [6.45, 7) is 2.06. The molecule has 3 aromatic rings. The molecule has 0 bridgehead atoms. The largest absolute Gasteiger partial charge is 0.469 e. The van der Waals surface area contributed by atoms with Crippen molar-refractivity contribution in [2.45, 2.75) is 19.5 Å². The molecule has 6 heteroatoms. The van der Waals surface area contributed by atoms with Crippen molar-refractivity contribution in [3.05, 3.63) is 70.6 Å². The van der Waals surface area contributed by atoms with E-state index in [1.54, 1.807) is 0 Å². The maximum atomic E-state index is 11.5. The molecule has 1 aromatic carbocycles. The number of halogens is 1. The van der Waals surface area contributed by atoms with Gasteiger partial charge >= 0.3 is 5.97 Å². The van der Waals surface area contributed by atoms with Gasteiger partial charge in [-0.1, -0.05) is 30.3 Å². The van der Waals surface area contributed by atoms with Gasteiger partial charge in [-0.05, 0) is 33.6 Å². The van der Waals surface area contributed by atoms with Gasteiger partial charge in [0.1, 0.15) is 5.65 Å². The monoisotopic (exact) mass is 401 g/mol. The maximum Gasteiger partial charge on any atom is 0.306 e. The summed E-state index contributed by atoms with van der Waals surface area (Å²) in [5, 5.41) is 0. The van der Waals surface area contributed by atoms with Crippen LogP contribution in [0.15, 0.2) is 59.3 Å². The average molecular weight is 402 g/mol. The summed E-state index contributed by atoms with van der Waals surface area (Å²) in [5.41, 5.74) is 3.09. The van der Waals surface area contributed by atoms with E-state index in [1.807, 2.05) is 47.1 Å². The summed E-state index contributed by atoms with van der Waals surface area (Å²) in [6.07, 6.45) is 4.38. The second kappa shape index (κ2) is 8.27. The number of rotatable bonds is 7. The number of esters is 1. The first kappa shape index (κ1) is 17.6. The summed E-state index contributed by atoms with van der Waals surface area (Å²) in [6, 6.07) is 14.2. The molecule has 5 nitrogen and oxygen atoms in total. The van der Waals surface area contributed by atoms with Crippen molar-refractivity contribution in [1.82, 2.24) is 14.3 Å². The SMILES string of the molecule is COC(=O)CCN(Cc1ccccc1)Cc1cn2cc(Br)ccc2n1. The van der Waals surface area contributed by atoms with Crippen LogP contribution in [-0.4, -0.2) is 33.9 Å². The van der Waals surface area contributed by atoms with Gasteiger partial charge < -0.3 is 9.14 Å². The van der Waals surface area contributed by atoms with Crippen molar-refractivity contribution in [2.75, 3.05) is 13.7 Å². The molecule has 0 unspecified atom stereocenters. The number of methoxy groups -OCH3 is 1. The third-order valence-electron chi connectivity index (χ3n) is 3.96. The van der Waals surface area contributed by atoms with Crippen molar-refractivity contribution in [2.24, 2.45) is 0 Å². The van der Waals surface area contributed by atoms with Gasteiger partial charge in [0.25, 0.3) is 0 Å². The van der Waals surface area contributed by atoms with Crippen LogP contribution in [0, 0.1) is 0 Å². The van der Waals surface area contributed by atoms with E-state index in [0.717, 1.165) is 22.4 Å². The van der Waals surface area contributed by atoms with Crippen LogP contribution in [0.5, 0.6) is 0 Å². The predicted octanol–water partition coefficient (Wildman–Crippen LogP) is 3.66. The lowest BCUT2D eigenvalue weighted by Gasteiger charge is -2.21.